The molecule has 33 heavy (non-hydrogen) atoms. The fourth-order valence-corrected chi connectivity index (χ4v) is 3.21. The van der Waals surface area contributed by atoms with Crippen LogP contribution in [0.2, 0.25) is 0 Å². The van der Waals surface area contributed by atoms with Gasteiger partial charge in [0.15, 0.2) is 17.3 Å². The molecule has 9 heteroatoms. The molecule has 0 radical (unpaired) electrons. The number of esters is 1. The van der Waals surface area contributed by atoms with E-state index in [1.807, 2.05) is 0 Å². The van der Waals surface area contributed by atoms with Crippen LogP contribution in [0, 0.1) is 10.1 Å². The Morgan fingerprint density at radius 2 is 1.70 bits per heavy atom. The van der Waals surface area contributed by atoms with E-state index in [0.717, 1.165) is 0 Å². The van der Waals surface area contributed by atoms with Crippen molar-refractivity contribution in [1.82, 2.24) is 0 Å². The van der Waals surface area contributed by atoms with Crippen LogP contribution in [0.5, 0.6) is 23.0 Å². The molecule has 0 saturated heterocycles. The molecular weight excluding hydrogens is 430 g/mol. The van der Waals surface area contributed by atoms with E-state index in [-0.39, 0.29) is 34.3 Å². The lowest BCUT2D eigenvalue weighted by atomic mass is 10.1. The van der Waals surface area contributed by atoms with Crippen molar-refractivity contribution in [1.29, 1.82) is 0 Å². The zero-order valence-electron chi connectivity index (χ0n) is 17.6. The van der Waals surface area contributed by atoms with Gasteiger partial charge in [0.25, 0.3) is 5.69 Å². The summed E-state index contributed by atoms with van der Waals surface area (Å²) in [4.78, 5) is 35.2. The van der Waals surface area contributed by atoms with E-state index in [1.54, 1.807) is 24.3 Å². The Morgan fingerprint density at radius 3 is 2.36 bits per heavy atom. The molecule has 0 aromatic heterocycles. The molecule has 0 fully saturated rings. The number of nitro benzene ring substituents is 1. The van der Waals surface area contributed by atoms with Gasteiger partial charge in [-0.1, -0.05) is 6.07 Å². The predicted molar refractivity (Wildman–Crippen MR) is 117 cm³/mol. The highest BCUT2D eigenvalue weighted by Gasteiger charge is 2.28. The molecule has 0 N–H and O–H groups in total. The summed E-state index contributed by atoms with van der Waals surface area (Å²) in [6.07, 6.45) is 1.58. The summed E-state index contributed by atoms with van der Waals surface area (Å²) >= 11 is 0. The van der Waals surface area contributed by atoms with E-state index in [9.17, 15) is 19.7 Å². The minimum absolute atomic E-state index is 0.107. The first-order valence-electron chi connectivity index (χ1n) is 9.66. The second-order valence-electron chi connectivity index (χ2n) is 6.91. The van der Waals surface area contributed by atoms with Crippen LogP contribution >= 0.6 is 0 Å². The molecule has 3 aromatic carbocycles. The van der Waals surface area contributed by atoms with Crippen LogP contribution in [-0.4, -0.2) is 30.9 Å². The largest absolute Gasteiger partial charge is 0.493 e. The molecule has 0 atom stereocenters. The summed E-state index contributed by atoms with van der Waals surface area (Å²) < 4.78 is 21.5. The van der Waals surface area contributed by atoms with Crippen LogP contribution in [0.25, 0.3) is 6.08 Å². The van der Waals surface area contributed by atoms with Gasteiger partial charge in [0.2, 0.25) is 5.78 Å². The number of hydrogen-bond acceptors (Lipinski definition) is 8. The van der Waals surface area contributed by atoms with E-state index in [2.05, 4.69) is 0 Å². The number of carbonyl (C=O) groups is 2. The molecule has 166 valence electrons. The standard InChI is InChI=1S/C24H17NO8/c1-30-19-10-3-14(11-21(19)31-2)12-22-23(26)18-9-8-17(13-20(18)33-22)32-24(27)15-4-6-16(7-5-15)25(28)29/h3-13H,1-2H3/b22-12-. The van der Waals surface area contributed by atoms with Crippen LogP contribution in [0.4, 0.5) is 5.69 Å². The number of nitrogens with zero attached hydrogens (tertiary/aromatic N) is 1. The number of ether oxygens (including phenoxy) is 4. The van der Waals surface area contributed by atoms with Gasteiger partial charge in [-0.15, -0.1) is 0 Å². The Bertz CT molecular complexity index is 1290. The molecule has 9 nitrogen and oxygen atoms in total. The molecule has 0 bridgehead atoms. The van der Waals surface area contributed by atoms with E-state index >= 15 is 0 Å². The van der Waals surface area contributed by atoms with Gasteiger partial charge in [-0.25, -0.2) is 4.79 Å². The van der Waals surface area contributed by atoms with Crippen LogP contribution < -0.4 is 18.9 Å². The lowest BCUT2D eigenvalue weighted by Crippen LogP contribution is -2.08. The van der Waals surface area contributed by atoms with Crippen molar-refractivity contribution < 1.29 is 33.5 Å². The van der Waals surface area contributed by atoms with Crippen LogP contribution in [-0.2, 0) is 0 Å². The highest BCUT2D eigenvalue weighted by Crippen LogP contribution is 2.36. The fraction of sp³-hybridized carbons (Fsp3) is 0.0833. The Morgan fingerprint density at radius 1 is 0.970 bits per heavy atom. The van der Waals surface area contributed by atoms with Gasteiger partial charge in [-0.2, -0.15) is 0 Å². The zero-order chi connectivity index (χ0) is 23.5. The van der Waals surface area contributed by atoms with Gasteiger partial charge in [0.1, 0.15) is 11.5 Å². The molecule has 1 aliphatic rings. The lowest BCUT2D eigenvalue weighted by molar-refractivity contribution is -0.384. The van der Waals surface area contributed by atoms with Crippen molar-refractivity contribution in [2.24, 2.45) is 0 Å². The third-order valence-corrected chi connectivity index (χ3v) is 4.87. The van der Waals surface area contributed by atoms with E-state index in [0.29, 0.717) is 22.6 Å². The maximum absolute atomic E-state index is 12.7. The van der Waals surface area contributed by atoms with Crippen LogP contribution in [0.1, 0.15) is 26.3 Å². The second-order valence-corrected chi connectivity index (χ2v) is 6.91. The number of methoxy groups -OCH3 is 2. The maximum Gasteiger partial charge on any atom is 0.343 e. The minimum atomic E-state index is -0.699. The molecule has 0 unspecified atom stereocenters. The quantitative estimate of drug-likeness (QED) is 0.179. The average Bonchev–Trinajstić information content (AvgIpc) is 3.13. The van der Waals surface area contributed by atoms with E-state index in [1.165, 1.54) is 56.7 Å². The lowest BCUT2D eigenvalue weighted by Gasteiger charge is -2.08. The maximum atomic E-state index is 12.7. The van der Waals surface area contributed by atoms with Crippen molar-refractivity contribution in [2.45, 2.75) is 0 Å². The Hall–Kier alpha value is -4.66. The van der Waals surface area contributed by atoms with Crippen molar-refractivity contribution in [3.63, 3.8) is 0 Å². The fourth-order valence-electron chi connectivity index (χ4n) is 3.21. The molecule has 0 saturated carbocycles. The smallest absolute Gasteiger partial charge is 0.343 e. The summed E-state index contributed by atoms with van der Waals surface area (Å²) in [6.45, 7) is 0. The van der Waals surface area contributed by atoms with Gasteiger partial charge in [0.05, 0.1) is 30.3 Å². The number of nitro groups is 1. The van der Waals surface area contributed by atoms with Crippen molar-refractivity contribution >= 4 is 23.5 Å². The molecule has 0 aliphatic carbocycles. The normalized spacial score (nSPS) is 13.3. The zero-order valence-corrected chi connectivity index (χ0v) is 17.6. The SMILES string of the molecule is COc1ccc(/C=C2\Oc3cc(OC(=O)c4ccc([N+](=O)[O-])cc4)ccc3C2=O)cc1OC. The van der Waals surface area contributed by atoms with Gasteiger partial charge in [-0.3, -0.25) is 14.9 Å². The van der Waals surface area contributed by atoms with Crippen LogP contribution in [0.15, 0.2) is 66.4 Å². The van der Waals surface area contributed by atoms with Crippen LogP contribution in [0.3, 0.4) is 0 Å². The Labute approximate surface area is 187 Å². The van der Waals surface area contributed by atoms with E-state index in [4.69, 9.17) is 18.9 Å². The molecular formula is C24H17NO8. The summed E-state index contributed by atoms with van der Waals surface area (Å²) in [7, 11) is 3.05. The van der Waals surface area contributed by atoms with Crippen molar-refractivity contribution in [2.75, 3.05) is 14.2 Å². The van der Waals surface area contributed by atoms with Gasteiger partial charge in [-0.05, 0) is 48.0 Å². The Kier molecular flexibility index (Phi) is 5.77. The number of allylic oxidation sites excluding steroid dienone is 1. The number of benzene rings is 3. The predicted octanol–water partition coefficient (Wildman–Crippen LogP) is 4.45. The third kappa shape index (κ3) is 4.38. The summed E-state index contributed by atoms with van der Waals surface area (Å²) in [5, 5.41) is 10.7. The van der Waals surface area contributed by atoms with Crippen molar-refractivity contribution in [3.8, 4) is 23.0 Å². The summed E-state index contributed by atoms with van der Waals surface area (Å²) in [6, 6.07) is 14.6. The first kappa shape index (κ1) is 21.6. The van der Waals surface area contributed by atoms with Gasteiger partial charge >= 0.3 is 5.97 Å². The molecule has 4 rings (SSSR count). The minimum Gasteiger partial charge on any atom is -0.493 e. The molecule has 0 spiro atoms. The average molecular weight is 447 g/mol. The number of non-ortho nitro benzene ring substituents is 1. The number of ketones is 1. The number of rotatable bonds is 6. The molecule has 1 heterocycles. The number of Topliss-reactive ketones (excluding diaryl/α,β-unsaturated/α-hetero) is 1. The number of hydrogen-bond donors (Lipinski definition) is 0. The monoisotopic (exact) mass is 447 g/mol. The van der Waals surface area contributed by atoms with Gasteiger partial charge in [0, 0.05) is 18.2 Å². The Balaban J connectivity index is 1.52. The summed E-state index contributed by atoms with van der Waals surface area (Å²) in [5.41, 5.74) is 1.02. The number of carbonyl (C=O) groups excluding carboxylic acids is 2. The highest BCUT2D eigenvalue weighted by atomic mass is 16.6. The first-order valence-corrected chi connectivity index (χ1v) is 9.66. The van der Waals surface area contributed by atoms with Gasteiger partial charge < -0.3 is 18.9 Å². The molecule has 3 aromatic rings. The molecule has 1 aliphatic heterocycles. The second kappa shape index (κ2) is 8.83. The van der Waals surface area contributed by atoms with Crippen molar-refractivity contribution in [3.05, 3.63) is 93.2 Å². The summed E-state index contributed by atoms with van der Waals surface area (Å²) in [5.74, 6) is 0.577. The number of fused-ring (bicyclic) bond motifs is 1. The molecule has 0 amide bonds. The third-order valence-electron chi connectivity index (χ3n) is 4.87. The van der Waals surface area contributed by atoms with E-state index < -0.39 is 10.9 Å². The highest BCUT2D eigenvalue weighted by molar-refractivity contribution is 6.14. The first-order chi connectivity index (χ1) is 15.9. The topological polar surface area (TPSA) is 114 Å².